The van der Waals surface area contributed by atoms with Gasteiger partial charge in [-0.15, -0.1) is 0 Å². The Hall–Kier alpha value is -1.62. The molecule has 14 heavy (non-hydrogen) atoms. The molecule has 2 rings (SSSR count). The molecule has 2 aromatic rings. The van der Waals surface area contributed by atoms with Crippen LogP contribution in [0.3, 0.4) is 0 Å². The molecule has 0 aliphatic heterocycles. The molecule has 6 heteroatoms. The Labute approximate surface area is 85.5 Å². The smallest absolute Gasteiger partial charge is 0.152 e. The van der Waals surface area contributed by atoms with Crippen LogP contribution in [0.5, 0.6) is 0 Å². The average Bonchev–Trinajstić information content (AvgIpc) is 2.51. The summed E-state index contributed by atoms with van der Waals surface area (Å²) < 4.78 is 1.65. The average molecular weight is 210 g/mol. The van der Waals surface area contributed by atoms with Crippen molar-refractivity contribution in [3.8, 4) is 0 Å². The van der Waals surface area contributed by atoms with Crippen molar-refractivity contribution < 1.29 is 0 Å². The Bertz CT molecular complexity index is 439. The summed E-state index contributed by atoms with van der Waals surface area (Å²) in [7, 11) is 0. The molecule has 0 spiro atoms. The summed E-state index contributed by atoms with van der Waals surface area (Å²) in [5, 5.41) is 4.45. The first-order valence-corrected chi connectivity index (χ1v) is 4.38. The largest absolute Gasteiger partial charge is 0.384 e. The van der Waals surface area contributed by atoms with Crippen LogP contribution in [0.4, 0.5) is 5.82 Å². The van der Waals surface area contributed by atoms with Crippen molar-refractivity contribution in [3.63, 3.8) is 0 Å². The molecule has 5 nitrogen and oxygen atoms in total. The van der Waals surface area contributed by atoms with Gasteiger partial charge in [-0.1, -0.05) is 11.6 Å². The summed E-state index contributed by atoms with van der Waals surface area (Å²) in [4.78, 5) is 8.09. The highest BCUT2D eigenvalue weighted by Crippen LogP contribution is 2.04. The van der Waals surface area contributed by atoms with Gasteiger partial charge in [0, 0.05) is 12.4 Å². The number of nitrogen functional groups attached to an aromatic ring is 1. The third-order valence-corrected chi connectivity index (χ3v) is 1.84. The van der Waals surface area contributed by atoms with Crippen LogP contribution in [0.15, 0.2) is 24.5 Å². The Morgan fingerprint density at radius 3 is 2.93 bits per heavy atom. The molecular formula is C8H8ClN5. The summed E-state index contributed by atoms with van der Waals surface area (Å²) in [6.45, 7) is 0.470. The molecule has 0 saturated carbocycles. The molecule has 0 aromatic carbocycles. The lowest BCUT2D eigenvalue weighted by Crippen LogP contribution is -2.05. The lowest BCUT2D eigenvalue weighted by Gasteiger charge is -2.00. The number of anilines is 1. The molecule has 0 bridgehead atoms. The minimum absolute atomic E-state index is 0.452. The van der Waals surface area contributed by atoms with Crippen LogP contribution < -0.4 is 5.73 Å². The highest BCUT2D eigenvalue weighted by atomic mass is 35.5. The SMILES string of the molecule is Nc1ccnc(Cn2ccc(Cl)n2)n1. The molecule has 0 aliphatic carbocycles. The van der Waals surface area contributed by atoms with E-state index in [1.165, 1.54) is 0 Å². The highest BCUT2D eigenvalue weighted by molar-refractivity contribution is 6.29. The van der Waals surface area contributed by atoms with E-state index in [-0.39, 0.29) is 0 Å². The maximum atomic E-state index is 5.66. The van der Waals surface area contributed by atoms with Gasteiger partial charge in [0.15, 0.2) is 11.0 Å². The third kappa shape index (κ3) is 2.00. The second kappa shape index (κ2) is 3.63. The van der Waals surface area contributed by atoms with Crippen molar-refractivity contribution in [1.29, 1.82) is 0 Å². The van der Waals surface area contributed by atoms with Crippen LogP contribution in [0, 0.1) is 0 Å². The van der Waals surface area contributed by atoms with Gasteiger partial charge in [-0.05, 0) is 12.1 Å². The van der Waals surface area contributed by atoms with Crippen molar-refractivity contribution in [3.05, 3.63) is 35.5 Å². The summed E-state index contributed by atoms with van der Waals surface area (Å²) in [5.74, 6) is 1.07. The van der Waals surface area contributed by atoms with Crippen LogP contribution in [0.25, 0.3) is 0 Å². The number of hydrogen-bond donors (Lipinski definition) is 1. The first kappa shape index (κ1) is 8.96. The van der Waals surface area contributed by atoms with E-state index < -0.39 is 0 Å². The van der Waals surface area contributed by atoms with E-state index in [9.17, 15) is 0 Å². The van der Waals surface area contributed by atoms with Gasteiger partial charge in [0.2, 0.25) is 0 Å². The summed E-state index contributed by atoms with van der Waals surface area (Å²) >= 11 is 5.66. The molecular weight excluding hydrogens is 202 g/mol. The number of rotatable bonds is 2. The summed E-state index contributed by atoms with van der Waals surface area (Å²) in [6.07, 6.45) is 3.37. The molecule has 0 aliphatic rings. The van der Waals surface area contributed by atoms with Crippen LogP contribution in [-0.4, -0.2) is 19.7 Å². The van der Waals surface area contributed by atoms with Crippen LogP contribution in [0.2, 0.25) is 5.15 Å². The topological polar surface area (TPSA) is 69.6 Å². The van der Waals surface area contributed by atoms with Gasteiger partial charge < -0.3 is 5.73 Å². The quantitative estimate of drug-likeness (QED) is 0.800. The van der Waals surface area contributed by atoms with Crippen molar-refractivity contribution in [2.45, 2.75) is 6.54 Å². The fraction of sp³-hybridized carbons (Fsp3) is 0.125. The van der Waals surface area contributed by atoms with E-state index in [4.69, 9.17) is 17.3 Å². The highest BCUT2D eigenvalue weighted by Gasteiger charge is 2.00. The van der Waals surface area contributed by atoms with Gasteiger partial charge in [-0.25, -0.2) is 9.97 Å². The zero-order valence-electron chi connectivity index (χ0n) is 7.26. The normalized spacial score (nSPS) is 10.4. The van der Waals surface area contributed by atoms with Gasteiger partial charge >= 0.3 is 0 Å². The monoisotopic (exact) mass is 209 g/mol. The number of nitrogens with zero attached hydrogens (tertiary/aromatic N) is 4. The van der Waals surface area contributed by atoms with E-state index in [0.29, 0.717) is 23.3 Å². The van der Waals surface area contributed by atoms with Crippen molar-refractivity contribution >= 4 is 17.4 Å². The maximum Gasteiger partial charge on any atom is 0.152 e. The van der Waals surface area contributed by atoms with E-state index in [1.807, 2.05) is 0 Å². The van der Waals surface area contributed by atoms with Gasteiger partial charge in [0.05, 0.1) is 0 Å². The lowest BCUT2D eigenvalue weighted by molar-refractivity contribution is 0.656. The first-order chi connectivity index (χ1) is 6.74. The molecule has 2 heterocycles. The van der Waals surface area contributed by atoms with Crippen molar-refractivity contribution in [2.75, 3.05) is 5.73 Å². The van der Waals surface area contributed by atoms with Gasteiger partial charge in [-0.2, -0.15) is 5.10 Å². The van der Waals surface area contributed by atoms with Gasteiger partial charge in [-0.3, -0.25) is 4.68 Å². The molecule has 0 atom stereocenters. The molecule has 2 N–H and O–H groups in total. The summed E-state index contributed by atoms with van der Waals surface area (Å²) in [6, 6.07) is 3.34. The minimum Gasteiger partial charge on any atom is -0.384 e. The number of aromatic nitrogens is 4. The Morgan fingerprint density at radius 1 is 1.43 bits per heavy atom. The lowest BCUT2D eigenvalue weighted by atomic mass is 10.5. The van der Waals surface area contributed by atoms with Gasteiger partial charge in [0.25, 0.3) is 0 Å². The molecule has 0 saturated heterocycles. The van der Waals surface area contributed by atoms with Crippen LogP contribution in [-0.2, 0) is 6.54 Å². The van der Waals surface area contributed by atoms with Gasteiger partial charge in [0.1, 0.15) is 12.4 Å². The maximum absolute atomic E-state index is 5.66. The Morgan fingerprint density at radius 2 is 2.29 bits per heavy atom. The molecule has 0 radical (unpaired) electrons. The first-order valence-electron chi connectivity index (χ1n) is 4.00. The predicted molar refractivity (Wildman–Crippen MR) is 52.8 cm³/mol. The number of halogens is 1. The molecule has 72 valence electrons. The van der Waals surface area contributed by atoms with Crippen molar-refractivity contribution in [2.24, 2.45) is 0 Å². The van der Waals surface area contributed by atoms with Crippen molar-refractivity contribution in [1.82, 2.24) is 19.7 Å². The fourth-order valence-corrected chi connectivity index (χ4v) is 1.21. The zero-order chi connectivity index (χ0) is 9.97. The number of nitrogens with two attached hydrogens (primary N) is 1. The number of hydrogen-bond acceptors (Lipinski definition) is 4. The zero-order valence-corrected chi connectivity index (χ0v) is 8.02. The van der Waals surface area contributed by atoms with E-state index in [2.05, 4.69) is 15.1 Å². The second-order valence-corrected chi connectivity index (χ2v) is 3.12. The Kier molecular flexibility index (Phi) is 2.32. The molecule has 0 amide bonds. The molecule has 2 aromatic heterocycles. The summed E-state index contributed by atoms with van der Waals surface area (Å²) in [5.41, 5.74) is 5.51. The Balaban J connectivity index is 2.18. The molecule has 0 fully saturated rings. The van der Waals surface area contributed by atoms with E-state index in [0.717, 1.165) is 0 Å². The minimum atomic E-state index is 0.452. The van der Waals surface area contributed by atoms with Crippen LogP contribution >= 0.6 is 11.6 Å². The molecule has 0 unspecified atom stereocenters. The fourth-order valence-electron chi connectivity index (χ4n) is 1.06. The van der Waals surface area contributed by atoms with E-state index >= 15 is 0 Å². The third-order valence-electron chi connectivity index (χ3n) is 1.64. The van der Waals surface area contributed by atoms with Crippen LogP contribution in [0.1, 0.15) is 5.82 Å². The standard InChI is InChI=1S/C8H8ClN5/c9-6-2-4-14(13-6)5-8-11-3-1-7(10)12-8/h1-4H,5H2,(H2,10,11,12). The predicted octanol–water partition coefficient (Wildman–Crippen LogP) is 0.957. The second-order valence-electron chi connectivity index (χ2n) is 2.73. The van der Waals surface area contributed by atoms with E-state index in [1.54, 1.807) is 29.2 Å².